The zero-order valence-electron chi connectivity index (χ0n) is 6.55. The Morgan fingerprint density at radius 2 is 2.30 bits per heavy atom. The van der Waals surface area contributed by atoms with E-state index in [0.717, 1.165) is 18.6 Å². The van der Waals surface area contributed by atoms with Crippen molar-refractivity contribution in [1.82, 2.24) is 0 Å². The van der Waals surface area contributed by atoms with E-state index in [9.17, 15) is 5.11 Å². The Kier molecular flexibility index (Phi) is 2.46. The van der Waals surface area contributed by atoms with Gasteiger partial charge in [-0.25, -0.2) is 0 Å². The molecule has 2 nitrogen and oxygen atoms in total. The summed E-state index contributed by atoms with van der Waals surface area (Å²) >= 11 is 0. The lowest BCUT2D eigenvalue weighted by molar-refractivity contribution is 0.0269. The third kappa shape index (κ3) is 1.58. The Balaban J connectivity index is 2.65. The lowest BCUT2D eigenvalue weighted by Gasteiger charge is -2.22. The average molecular weight is 142 g/mol. The Morgan fingerprint density at radius 3 is 2.70 bits per heavy atom. The summed E-state index contributed by atoms with van der Waals surface area (Å²) in [4.78, 5) is 0. The molecule has 1 aliphatic heterocycles. The maximum absolute atomic E-state index is 9.36. The van der Waals surface area contributed by atoms with E-state index in [4.69, 9.17) is 4.74 Å². The van der Waals surface area contributed by atoms with Gasteiger partial charge in [-0.3, -0.25) is 0 Å². The molecule has 1 unspecified atom stereocenters. The predicted octanol–water partition coefficient (Wildman–Crippen LogP) is 1.10. The normalized spacial score (nSPS) is 26.7. The smallest absolute Gasteiger partial charge is 0.0986 e. The molecule has 0 bridgehead atoms. The summed E-state index contributed by atoms with van der Waals surface area (Å²) in [7, 11) is 0. The Labute approximate surface area is 61.5 Å². The van der Waals surface area contributed by atoms with Gasteiger partial charge >= 0.3 is 0 Å². The van der Waals surface area contributed by atoms with Crippen LogP contribution in [0.2, 0.25) is 0 Å². The fourth-order valence-electron chi connectivity index (χ4n) is 1.23. The van der Waals surface area contributed by atoms with Gasteiger partial charge in [0.2, 0.25) is 0 Å². The van der Waals surface area contributed by atoms with E-state index in [0.29, 0.717) is 6.61 Å². The van der Waals surface area contributed by atoms with Crippen molar-refractivity contribution in [3.05, 3.63) is 11.1 Å². The second-order valence-electron chi connectivity index (χ2n) is 2.87. The van der Waals surface area contributed by atoms with Crippen LogP contribution in [0.5, 0.6) is 0 Å². The molecular formula is C8H14O2. The van der Waals surface area contributed by atoms with Gasteiger partial charge in [0.1, 0.15) is 0 Å². The van der Waals surface area contributed by atoms with Crippen molar-refractivity contribution >= 4 is 0 Å². The van der Waals surface area contributed by atoms with E-state index in [2.05, 4.69) is 0 Å². The van der Waals surface area contributed by atoms with Gasteiger partial charge in [0.15, 0.2) is 0 Å². The van der Waals surface area contributed by atoms with E-state index < -0.39 is 0 Å². The molecule has 1 heterocycles. The van der Waals surface area contributed by atoms with Crippen LogP contribution in [0.3, 0.4) is 0 Å². The quantitative estimate of drug-likeness (QED) is 0.513. The van der Waals surface area contributed by atoms with E-state index in [1.165, 1.54) is 5.57 Å². The van der Waals surface area contributed by atoms with Crippen LogP contribution in [0, 0.1) is 0 Å². The summed E-state index contributed by atoms with van der Waals surface area (Å²) in [5, 5.41) is 9.36. The molecule has 1 aliphatic rings. The molecule has 10 heavy (non-hydrogen) atoms. The van der Waals surface area contributed by atoms with Crippen molar-refractivity contribution in [3.63, 3.8) is 0 Å². The SMILES string of the molecule is CC(C)=C1CCOCC1O. The van der Waals surface area contributed by atoms with Crippen molar-refractivity contribution in [1.29, 1.82) is 0 Å². The molecule has 1 N–H and O–H groups in total. The minimum atomic E-state index is -0.348. The van der Waals surface area contributed by atoms with Crippen LogP contribution in [0.4, 0.5) is 0 Å². The molecule has 0 aromatic rings. The predicted molar refractivity (Wildman–Crippen MR) is 39.8 cm³/mol. The zero-order valence-corrected chi connectivity index (χ0v) is 6.55. The van der Waals surface area contributed by atoms with Gasteiger partial charge in [0.05, 0.1) is 19.3 Å². The summed E-state index contributed by atoms with van der Waals surface area (Å²) in [6.07, 6.45) is 0.544. The third-order valence-corrected chi connectivity index (χ3v) is 1.84. The van der Waals surface area contributed by atoms with Crippen molar-refractivity contribution in [2.24, 2.45) is 0 Å². The standard InChI is InChI=1S/C8H14O2/c1-6(2)7-3-4-10-5-8(7)9/h8-9H,3-5H2,1-2H3. The van der Waals surface area contributed by atoms with Gasteiger partial charge < -0.3 is 9.84 Å². The highest BCUT2D eigenvalue weighted by Gasteiger charge is 2.16. The summed E-state index contributed by atoms with van der Waals surface area (Å²) in [6.45, 7) is 5.30. The molecule has 0 spiro atoms. The first kappa shape index (κ1) is 7.76. The minimum absolute atomic E-state index is 0.348. The summed E-state index contributed by atoms with van der Waals surface area (Å²) in [5.41, 5.74) is 2.39. The topological polar surface area (TPSA) is 29.5 Å². The second-order valence-corrected chi connectivity index (χ2v) is 2.87. The zero-order chi connectivity index (χ0) is 7.56. The summed E-state index contributed by atoms with van der Waals surface area (Å²) in [6, 6.07) is 0. The van der Waals surface area contributed by atoms with Gasteiger partial charge in [-0.2, -0.15) is 0 Å². The number of aliphatic hydroxyl groups is 1. The van der Waals surface area contributed by atoms with E-state index in [-0.39, 0.29) is 6.10 Å². The largest absolute Gasteiger partial charge is 0.386 e. The van der Waals surface area contributed by atoms with Crippen LogP contribution in [-0.2, 0) is 4.74 Å². The van der Waals surface area contributed by atoms with Crippen LogP contribution < -0.4 is 0 Å². The number of allylic oxidation sites excluding steroid dienone is 1. The Bertz CT molecular complexity index is 145. The monoisotopic (exact) mass is 142 g/mol. The molecule has 0 aromatic carbocycles. The van der Waals surface area contributed by atoms with Gasteiger partial charge in [-0.1, -0.05) is 5.57 Å². The maximum Gasteiger partial charge on any atom is 0.0986 e. The molecular weight excluding hydrogens is 128 g/mol. The van der Waals surface area contributed by atoms with Crippen LogP contribution >= 0.6 is 0 Å². The molecule has 1 fully saturated rings. The van der Waals surface area contributed by atoms with Crippen molar-refractivity contribution in [2.45, 2.75) is 26.4 Å². The number of ether oxygens (including phenoxy) is 1. The van der Waals surface area contributed by atoms with Gasteiger partial charge in [-0.15, -0.1) is 0 Å². The third-order valence-electron chi connectivity index (χ3n) is 1.84. The molecule has 0 saturated carbocycles. The lowest BCUT2D eigenvalue weighted by atomic mass is 10.0. The van der Waals surface area contributed by atoms with Crippen molar-refractivity contribution in [2.75, 3.05) is 13.2 Å². The molecule has 1 rings (SSSR count). The molecule has 0 aromatic heterocycles. The molecule has 0 amide bonds. The van der Waals surface area contributed by atoms with Gasteiger partial charge in [-0.05, 0) is 25.8 Å². The summed E-state index contributed by atoms with van der Waals surface area (Å²) in [5.74, 6) is 0. The summed E-state index contributed by atoms with van der Waals surface area (Å²) < 4.78 is 5.08. The minimum Gasteiger partial charge on any atom is -0.386 e. The van der Waals surface area contributed by atoms with Gasteiger partial charge in [0, 0.05) is 0 Å². The van der Waals surface area contributed by atoms with Crippen LogP contribution in [-0.4, -0.2) is 24.4 Å². The molecule has 1 saturated heterocycles. The Morgan fingerprint density at radius 1 is 1.60 bits per heavy atom. The first-order chi connectivity index (χ1) is 4.72. The maximum atomic E-state index is 9.36. The van der Waals surface area contributed by atoms with E-state index >= 15 is 0 Å². The number of hydrogen-bond donors (Lipinski definition) is 1. The number of hydrogen-bond acceptors (Lipinski definition) is 2. The molecule has 0 radical (unpaired) electrons. The molecule has 1 atom stereocenters. The average Bonchev–Trinajstić information content (AvgIpc) is 1.88. The van der Waals surface area contributed by atoms with Crippen LogP contribution in [0.15, 0.2) is 11.1 Å². The van der Waals surface area contributed by atoms with Crippen LogP contribution in [0.1, 0.15) is 20.3 Å². The van der Waals surface area contributed by atoms with E-state index in [1.54, 1.807) is 0 Å². The lowest BCUT2D eigenvalue weighted by Crippen LogP contribution is -2.25. The van der Waals surface area contributed by atoms with Crippen LogP contribution in [0.25, 0.3) is 0 Å². The first-order valence-corrected chi connectivity index (χ1v) is 3.64. The van der Waals surface area contributed by atoms with Gasteiger partial charge in [0.25, 0.3) is 0 Å². The Hall–Kier alpha value is -0.340. The van der Waals surface area contributed by atoms with Crippen molar-refractivity contribution in [3.8, 4) is 0 Å². The molecule has 2 heteroatoms. The highest BCUT2D eigenvalue weighted by molar-refractivity contribution is 5.15. The fourth-order valence-corrected chi connectivity index (χ4v) is 1.23. The number of aliphatic hydroxyl groups excluding tert-OH is 1. The molecule has 0 aliphatic carbocycles. The first-order valence-electron chi connectivity index (χ1n) is 3.64. The highest BCUT2D eigenvalue weighted by Crippen LogP contribution is 2.17. The second kappa shape index (κ2) is 3.17. The number of rotatable bonds is 0. The fraction of sp³-hybridized carbons (Fsp3) is 0.750. The van der Waals surface area contributed by atoms with Crippen molar-refractivity contribution < 1.29 is 9.84 Å². The van der Waals surface area contributed by atoms with E-state index in [1.807, 2.05) is 13.8 Å². The highest BCUT2D eigenvalue weighted by atomic mass is 16.5. The molecule has 58 valence electrons.